The number of halogens is 3. The molecule has 0 aliphatic rings. The lowest BCUT2D eigenvalue weighted by atomic mass is 10.3. The molecule has 0 radical (unpaired) electrons. The lowest BCUT2D eigenvalue weighted by Crippen LogP contribution is -1.92. The van der Waals surface area contributed by atoms with Gasteiger partial charge in [-0.25, -0.2) is 8.78 Å². The maximum Gasteiger partial charge on any atom is 0.167 e. The van der Waals surface area contributed by atoms with E-state index in [1.807, 2.05) is 0 Å². The van der Waals surface area contributed by atoms with Crippen LogP contribution in [0.3, 0.4) is 0 Å². The van der Waals surface area contributed by atoms with Crippen LogP contribution in [0.15, 0.2) is 40.9 Å². The summed E-state index contributed by atoms with van der Waals surface area (Å²) in [6.45, 7) is 0. The minimum Gasteiger partial charge on any atom is -0.454 e. The molecule has 0 atom stereocenters. The Morgan fingerprint density at radius 2 is 1.82 bits per heavy atom. The van der Waals surface area contributed by atoms with Crippen LogP contribution in [0.1, 0.15) is 0 Å². The molecule has 88 valence electrons. The first-order valence-electron chi connectivity index (χ1n) is 4.73. The summed E-state index contributed by atoms with van der Waals surface area (Å²) in [4.78, 5) is 0. The number of hydrogen-bond acceptors (Lipinski definition) is 2. The van der Waals surface area contributed by atoms with Gasteiger partial charge in [0.2, 0.25) is 0 Å². The number of ether oxygens (including phenoxy) is 1. The highest BCUT2D eigenvalue weighted by Crippen LogP contribution is 2.28. The van der Waals surface area contributed by atoms with E-state index >= 15 is 0 Å². The maximum atomic E-state index is 13.4. The van der Waals surface area contributed by atoms with E-state index < -0.39 is 11.6 Å². The Kier molecular flexibility index (Phi) is 3.28. The van der Waals surface area contributed by atoms with Crippen LogP contribution in [-0.4, -0.2) is 0 Å². The zero-order chi connectivity index (χ0) is 12.4. The van der Waals surface area contributed by atoms with Crippen molar-refractivity contribution in [2.75, 3.05) is 5.73 Å². The Morgan fingerprint density at radius 3 is 2.47 bits per heavy atom. The fraction of sp³-hybridized carbons (Fsp3) is 0. The molecule has 0 aliphatic heterocycles. The van der Waals surface area contributed by atoms with Gasteiger partial charge in [-0.15, -0.1) is 0 Å². The van der Waals surface area contributed by atoms with Crippen LogP contribution in [-0.2, 0) is 0 Å². The Hall–Kier alpha value is -1.62. The largest absolute Gasteiger partial charge is 0.454 e. The molecule has 2 aromatic rings. The highest BCUT2D eigenvalue weighted by molar-refractivity contribution is 9.10. The first-order valence-corrected chi connectivity index (χ1v) is 5.53. The zero-order valence-electron chi connectivity index (χ0n) is 8.58. The van der Waals surface area contributed by atoms with Gasteiger partial charge in [0.05, 0.1) is 0 Å². The quantitative estimate of drug-likeness (QED) is 0.847. The molecule has 17 heavy (non-hydrogen) atoms. The molecular weight excluding hydrogens is 292 g/mol. The standard InChI is InChI=1S/C12H8BrF2NO/c13-7-3-8(14)5-10(4-7)17-12-2-1-9(16)6-11(12)15/h1-6H,16H2. The summed E-state index contributed by atoms with van der Waals surface area (Å²) in [7, 11) is 0. The average molecular weight is 300 g/mol. The van der Waals surface area contributed by atoms with Crippen molar-refractivity contribution in [2.24, 2.45) is 0 Å². The predicted molar refractivity (Wildman–Crippen MR) is 65.0 cm³/mol. The van der Waals surface area contributed by atoms with Crippen molar-refractivity contribution in [3.05, 3.63) is 52.5 Å². The zero-order valence-corrected chi connectivity index (χ0v) is 10.2. The molecule has 2 aromatic carbocycles. The van der Waals surface area contributed by atoms with Gasteiger partial charge >= 0.3 is 0 Å². The molecule has 0 fully saturated rings. The number of benzene rings is 2. The summed E-state index contributed by atoms with van der Waals surface area (Å²) in [6.07, 6.45) is 0. The summed E-state index contributed by atoms with van der Waals surface area (Å²) in [6, 6.07) is 8.03. The summed E-state index contributed by atoms with van der Waals surface area (Å²) < 4.78 is 32.2. The monoisotopic (exact) mass is 299 g/mol. The van der Waals surface area contributed by atoms with E-state index in [1.165, 1.54) is 24.3 Å². The van der Waals surface area contributed by atoms with E-state index in [4.69, 9.17) is 10.5 Å². The lowest BCUT2D eigenvalue weighted by molar-refractivity contribution is 0.439. The Labute approximate surface area is 105 Å². The maximum absolute atomic E-state index is 13.4. The second-order valence-electron chi connectivity index (χ2n) is 3.40. The highest BCUT2D eigenvalue weighted by atomic mass is 79.9. The van der Waals surface area contributed by atoms with Crippen molar-refractivity contribution in [1.29, 1.82) is 0 Å². The van der Waals surface area contributed by atoms with E-state index in [2.05, 4.69) is 15.9 Å². The van der Waals surface area contributed by atoms with Crippen LogP contribution in [0.5, 0.6) is 11.5 Å². The van der Waals surface area contributed by atoms with Crippen LogP contribution in [0.4, 0.5) is 14.5 Å². The van der Waals surface area contributed by atoms with Crippen molar-refractivity contribution in [3.63, 3.8) is 0 Å². The van der Waals surface area contributed by atoms with Gasteiger partial charge < -0.3 is 10.5 Å². The van der Waals surface area contributed by atoms with Crippen molar-refractivity contribution in [1.82, 2.24) is 0 Å². The van der Waals surface area contributed by atoms with Gasteiger partial charge in [-0.3, -0.25) is 0 Å². The number of nitrogens with two attached hydrogens (primary N) is 1. The van der Waals surface area contributed by atoms with Gasteiger partial charge in [0.1, 0.15) is 11.6 Å². The van der Waals surface area contributed by atoms with E-state index in [9.17, 15) is 8.78 Å². The van der Waals surface area contributed by atoms with Gasteiger partial charge in [-0.05, 0) is 24.3 Å². The van der Waals surface area contributed by atoms with Crippen LogP contribution in [0, 0.1) is 11.6 Å². The summed E-state index contributed by atoms with van der Waals surface area (Å²) in [5.74, 6) is -0.854. The van der Waals surface area contributed by atoms with Gasteiger partial charge in [0.25, 0.3) is 0 Å². The first-order chi connectivity index (χ1) is 8.04. The van der Waals surface area contributed by atoms with Crippen LogP contribution < -0.4 is 10.5 Å². The molecule has 0 aliphatic carbocycles. The lowest BCUT2D eigenvalue weighted by Gasteiger charge is -2.07. The van der Waals surface area contributed by atoms with Crippen LogP contribution in [0.25, 0.3) is 0 Å². The van der Waals surface area contributed by atoms with Crippen molar-refractivity contribution in [3.8, 4) is 11.5 Å². The van der Waals surface area contributed by atoms with Crippen molar-refractivity contribution >= 4 is 21.6 Å². The van der Waals surface area contributed by atoms with E-state index in [-0.39, 0.29) is 11.5 Å². The molecule has 0 unspecified atom stereocenters. The molecule has 5 heteroatoms. The summed E-state index contributed by atoms with van der Waals surface area (Å²) in [5.41, 5.74) is 5.71. The Balaban J connectivity index is 2.31. The van der Waals surface area contributed by atoms with Gasteiger partial charge in [0.15, 0.2) is 11.6 Å². The normalized spacial score (nSPS) is 10.3. The fourth-order valence-corrected chi connectivity index (χ4v) is 1.76. The SMILES string of the molecule is Nc1ccc(Oc2cc(F)cc(Br)c2)c(F)c1. The first kappa shape index (κ1) is 11.9. The Bertz CT molecular complexity index is 540. The van der Waals surface area contributed by atoms with Crippen LogP contribution >= 0.6 is 15.9 Å². The molecule has 0 heterocycles. The minimum atomic E-state index is -0.592. The van der Waals surface area contributed by atoms with Crippen molar-refractivity contribution < 1.29 is 13.5 Å². The molecular formula is C12H8BrF2NO. The van der Waals surface area contributed by atoms with Gasteiger partial charge in [-0.1, -0.05) is 15.9 Å². The molecule has 0 saturated heterocycles. The molecule has 0 saturated carbocycles. The Morgan fingerprint density at radius 1 is 1.06 bits per heavy atom. The fourth-order valence-electron chi connectivity index (χ4n) is 1.31. The molecule has 0 bridgehead atoms. The third-order valence-corrected chi connectivity index (χ3v) is 2.48. The topological polar surface area (TPSA) is 35.2 Å². The molecule has 0 spiro atoms. The molecule has 0 amide bonds. The summed E-state index contributed by atoms with van der Waals surface area (Å²) in [5, 5.41) is 0. The molecule has 2 nitrogen and oxygen atoms in total. The summed E-state index contributed by atoms with van der Waals surface area (Å²) >= 11 is 3.12. The minimum absolute atomic E-state index is 0.00306. The van der Waals surface area contributed by atoms with Crippen molar-refractivity contribution in [2.45, 2.75) is 0 Å². The number of hydrogen-bond donors (Lipinski definition) is 1. The number of nitrogen functional groups attached to an aromatic ring is 1. The number of anilines is 1. The predicted octanol–water partition coefficient (Wildman–Crippen LogP) is 4.10. The average Bonchev–Trinajstić information content (AvgIpc) is 2.21. The second kappa shape index (κ2) is 4.71. The third-order valence-electron chi connectivity index (χ3n) is 2.02. The number of rotatable bonds is 2. The van der Waals surface area contributed by atoms with Gasteiger partial charge in [-0.2, -0.15) is 0 Å². The molecule has 2 N–H and O–H groups in total. The highest BCUT2D eigenvalue weighted by Gasteiger charge is 2.06. The molecule has 0 aromatic heterocycles. The van der Waals surface area contributed by atoms with Crippen LogP contribution in [0.2, 0.25) is 0 Å². The van der Waals surface area contributed by atoms with E-state index in [1.54, 1.807) is 6.07 Å². The second-order valence-corrected chi connectivity index (χ2v) is 4.31. The molecule has 2 rings (SSSR count). The van der Waals surface area contributed by atoms with Gasteiger partial charge in [0, 0.05) is 22.3 Å². The third kappa shape index (κ3) is 2.94. The smallest absolute Gasteiger partial charge is 0.167 e. The van der Waals surface area contributed by atoms with E-state index in [0.717, 1.165) is 6.07 Å². The van der Waals surface area contributed by atoms with E-state index in [0.29, 0.717) is 10.2 Å².